The summed E-state index contributed by atoms with van der Waals surface area (Å²) in [6.45, 7) is 2.22. The second-order valence-corrected chi connectivity index (χ2v) is 7.80. The molecule has 1 heteroatoms. The summed E-state index contributed by atoms with van der Waals surface area (Å²) in [5.74, 6) is 4.82. The number of hydrogen-bond donors (Lipinski definition) is 1. The molecule has 4 aliphatic rings. The Hall–Kier alpha value is -0.820. The summed E-state index contributed by atoms with van der Waals surface area (Å²) in [6, 6.07) is 9.16. The maximum Gasteiger partial charge on any atom is 0.0113 e. The maximum atomic E-state index is 6.70. The van der Waals surface area contributed by atoms with Gasteiger partial charge in [-0.15, -0.1) is 0 Å². The highest BCUT2D eigenvalue weighted by Crippen LogP contribution is 2.57. The van der Waals surface area contributed by atoms with Gasteiger partial charge in [0.25, 0.3) is 0 Å². The maximum absolute atomic E-state index is 6.70. The van der Waals surface area contributed by atoms with Crippen LogP contribution in [-0.4, -0.2) is 6.04 Å². The number of hydrogen-bond acceptors (Lipinski definition) is 1. The summed E-state index contributed by atoms with van der Waals surface area (Å²) in [6.07, 6.45) is 8.56. The minimum absolute atomic E-state index is 0.381. The van der Waals surface area contributed by atoms with Crippen molar-refractivity contribution in [3.05, 3.63) is 35.4 Å². The number of rotatable bonds is 3. The van der Waals surface area contributed by atoms with Crippen LogP contribution in [0, 0.1) is 36.5 Å². The first-order valence-electron chi connectivity index (χ1n) is 8.50. The van der Waals surface area contributed by atoms with E-state index < -0.39 is 0 Å². The van der Waals surface area contributed by atoms with Crippen LogP contribution in [-0.2, 0) is 6.42 Å². The quantitative estimate of drug-likeness (QED) is 0.884. The van der Waals surface area contributed by atoms with Crippen LogP contribution in [0.2, 0.25) is 0 Å². The third-order valence-electron chi connectivity index (χ3n) is 6.51. The normalized spacial score (nSPS) is 40.0. The topological polar surface area (TPSA) is 26.0 Å². The Morgan fingerprint density at radius 1 is 1.00 bits per heavy atom. The molecule has 1 aromatic carbocycles. The Morgan fingerprint density at radius 3 is 2.20 bits per heavy atom. The predicted molar refractivity (Wildman–Crippen MR) is 83.4 cm³/mol. The van der Waals surface area contributed by atoms with E-state index in [1.165, 1.54) is 43.2 Å². The van der Waals surface area contributed by atoms with Crippen LogP contribution in [0.15, 0.2) is 24.3 Å². The summed E-state index contributed by atoms with van der Waals surface area (Å²) in [5, 5.41) is 0. The van der Waals surface area contributed by atoms with E-state index >= 15 is 0 Å². The molecule has 0 spiro atoms. The first kappa shape index (κ1) is 12.9. The highest BCUT2D eigenvalue weighted by molar-refractivity contribution is 5.26. The molecule has 2 N–H and O–H groups in total. The number of nitrogens with two attached hydrogens (primary N) is 1. The van der Waals surface area contributed by atoms with E-state index in [4.69, 9.17) is 5.73 Å². The Bertz CT molecular complexity index is 464. The lowest BCUT2D eigenvalue weighted by molar-refractivity contribution is -0.0465. The lowest BCUT2D eigenvalue weighted by Gasteiger charge is -2.56. The highest BCUT2D eigenvalue weighted by atomic mass is 14.7. The van der Waals surface area contributed by atoms with Crippen LogP contribution in [0.3, 0.4) is 0 Å². The second kappa shape index (κ2) is 4.87. The fourth-order valence-electron chi connectivity index (χ4n) is 5.90. The van der Waals surface area contributed by atoms with Crippen molar-refractivity contribution < 1.29 is 0 Å². The smallest absolute Gasteiger partial charge is 0.0113 e. The summed E-state index contributed by atoms with van der Waals surface area (Å²) < 4.78 is 0. The predicted octanol–water partition coefficient (Wildman–Crippen LogP) is 3.94. The molecular weight excluding hydrogens is 242 g/mol. The molecule has 1 unspecified atom stereocenters. The van der Waals surface area contributed by atoms with Crippen LogP contribution in [0.25, 0.3) is 0 Å². The zero-order chi connectivity index (χ0) is 13.7. The molecule has 0 radical (unpaired) electrons. The van der Waals surface area contributed by atoms with Crippen molar-refractivity contribution in [2.75, 3.05) is 0 Å². The third kappa shape index (κ3) is 2.11. The van der Waals surface area contributed by atoms with Gasteiger partial charge in [0.05, 0.1) is 0 Å². The molecule has 1 nitrogen and oxygen atoms in total. The molecule has 4 saturated carbocycles. The Kier molecular flexibility index (Phi) is 3.14. The molecule has 1 atom stereocenters. The average molecular weight is 269 g/mol. The molecule has 0 saturated heterocycles. The van der Waals surface area contributed by atoms with Crippen molar-refractivity contribution >= 4 is 0 Å². The minimum Gasteiger partial charge on any atom is -0.327 e. The highest BCUT2D eigenvalue weighted by Gasteiger charge is 2.49. The Labute approximate surface area is 122 Å². The van der Waals surface area contributed by atoms with Crippen molar-refractivity contribution in [3.63, 3.8) is 0 Å². The molecule has 5 rings (SSSR count). The van der Waals surface area contributed by atoms with E-state index in [9.17, 15) is 0 Å². The molecule has 0 heterocycles. The molecule has 4 aliphatic carbocycles. The van der Waals surface area contributed by atoms with Gasteiger partial charge < -0.3 is 5.73 Å². The standard InChI is InChI=1S/C19H27N/c1-12-4-2-3-5-15(12)11-18(20)19-16-7-13-6-14(9-16)10-17(19)8-13/h2-5,13-14,16-19H,6-11,20H2,1H3. The molecule has 0 aromatic heterocycles. The zero-order valence-corrected chi connectivity index (χ0v) is 12.6. The van der Waals surface area contributed by atoms with E-state index in [1.807, 2.05) is 0 Å². The van der Waals surface area contributed by atoms with Gasteiger partial charge in [-0.05, 0) is 86.2 Å². The van der Waals surface area contributed by atoms with Gasteiger partial charge in [0.15, 0.2) is 0 Å². The summed E-state index contributed by atoms with van der Waals surface area (Å²) in [5.41, 5.74) is 9.58. The molecule has 20 heavy (non-hydrogen) atoms. The van der Waals surface area contributed by atoms with Gasteiger partial charge in [-0.3, -0.25) is 0 Å². The minimum atomic E-state index is 0.381. The van der Waals surface area contributed by atoms with E-state index in [0.29, 0.717) is 6.04 Å². The Balaban J connectivity index is 1.51. The van der Waals surface area contributed by atoms with Crippen LogP contribution in [0.4, 0.5) is 0 Å². The molecule has 0 amide bonds. The monoisotopic (exact) mass is 269 g/mol. The van der Waals surface area contributed by atoms with E-state index in [-0.39, 0.29) is 0 Å². The van der Waals surface area contributed by atoms with Crippen molar-refractivity contribution in [2.24, 2.45) is 35.3 Å². The molecular formula is C19H27N. The van der Waals surface area contributed by atoms with Gasteiger partial charge in [0.2, 0.25) is 0 Å². The van der Waals surface area contributed by atoms with Gasteiger partial charge in [-0.1, -0.05) is 24.3 Å². The fraction of sp³-hybridized carbons (Fsp3) is 0.684. The van der Waals surface area contributed by atoms with E-state index in [2.05, 4.69) is 31.2 Å². The van der Waals surface area contributed by atoms with Crippen molar-refractivity contribution in [1.29, 1.82) is 0 Å². The molecule has 4 fully saturated rings. The van der Waals surface area contributed by atoms with E-state index in [1.54, 1.807) is 0 Å². The molecule has 4 bridgehead atoms. The van der Waals surface area contributed by atoms with Gasteiger partial charge in [-0.2, -0.15) is 0 Å². The van der Waals surface area contributed by atoms with Gasteiger partial charge in [-0.25, -0.2) is 0 Å². The SMILES string of the molecule is Cc1ccccc1CC(N)C1C2CC3CC(C2)CC1C3. The van der Waals surface area contributed by atoms with Gasteiger partial charge in [0, 0.05) is 6.04 Å². The van der Waals surface area contributed by atoms with Crippen LogP contribution in [0.5, 0.6) is 0 Å². The second-order valence-electron chi connectivity index (χ2n) is 7.80. The molecule has 1 aromatic rings. The lowest BCUT2D eigenvalue weighted by atomic mass is 9.50. The first-order chi connectivity index (χ1) is 9.70. The molecule has 0 aliphatic heterocycles. The van der Waals surface area contributed by atoms with E-state index in [0.717, 1.165) is 36.0 Å². The van der Waals surface area contributed by atoms with Crippen LogP contribution in [0.1, 0.15) is 43.2 Å². The first-order valence-corrected chi connectivity index (χ1v) is 8.50. The molecule has 108 valence electrons. The average Bonchev–Trinajstić information content (AvgIpc) is 2.40. The zero-order valence-electron chi connectivity index (χ0n) is 12.6. The summed E-state index contributed by atoms with van der Waals surface area (Å²) in [4.78, 5) is 0. The van der Waals surface area contributed by atoms with Gasteiger partial charge in [0.1, 0.15) is 0 Å². The lowest BCUT2D eigenvalue weighted by Crippen LogP contribution is -2.52. The van der Waals surface area contributed by atoms with Crippen LogP contribution >= 0.6 is 0 Å². The van der Waals surface area contributed by atoms with Crippen molar-refractivity contribution in [2.45, 2.75) is 51.5 Å². The van der Waals surface area contributed by atoms with Gasteiger partial charge >= 0.3 is 0 Å². The number of benzene rings is 1. The fourth-order valence-corrected chi connectivity index (χ4v) is 5.90. The third-order valence-corrected chi connectivity index (χ3v) is 6.51. The van der Waals surface area contributed by atoms with Crippen LogP contribution < -0.4 is 5.73 Å². The van der Waals surface area contributed by atoms with Crippen molar-refractivity contribution in [3.8, 4) is 0 Å². The summed E-state index contributed by atoms with van der Waals surface area (Å²) in [7, 11) is 0. The number of aryl methyl sites for hydroxylation is 1. The van der Waals surface area contributed by atoms with Crippen molar-refractivity contribution in [1.82, 2.24) is 0 Å². The largest absolute Gasteiger partial charge is 0.327 e. The summed E-state index contributed by atoms with van der Waals surface area (Å²) >= 11 is 0. The Morgan fingerprint density at radius 2 is 1.60 bits per heavy atom.